The molecule has 0 atom stereocenters. The van der Waals surface area contributed by atoms with Gasteiger partial charge in [-0.3, -0.25) is 0 Å². The molecule has 1 aromatic heterocycles. The summed E-state index contributed by atoms with van der Waals surface area (Å²) in [5, 5.41) is 6.98. The van der Waals surface area contributed by atoms with Crippen LogP contribution < -0.4 is 5.32 Å². The summed E-state index contributed by atoms with van der Waals surface area (Å²) >= 11 is 0. The van der Waals surface area contributed by atoms with Crippen molar-refractivity contribution in [3.63, 3.8) is 0 Å². The van der Waals surface area contributed by atoms with Gasteiger partial charge in [-0.25, -0.2) is 8.42 Å². The second-order valence-corrected chi connectivity index (χ2v) is 6.61. The van der Waals surface area contributed by atoms with Crippen molar-refractivity contribution in [1.29, 1.82) is 0 Å². The highest BCUT2D eigenvalue weighted by Gasteiger charge is 2.10. The van der Waals surface area contributed by atoms with E-state index < -0.39 is 9.84 Å². The molecule has 1 heterocycles. The minimum Gasteiger partial charge on any atom is -0.385 e. The summed E-state index contributed by atoms with van der Waals surface area (Å²) in [7, 11) is -3.14. The van der Waals surface area contributed by atoms with Crippen LogP contribution in [-0.4, -0.2) is 30.9 Å². The summed E-state index contributed by atoms with van der Waals surface area (Å²) in [5.74, 6) is 1.31. The molecule has 2 aromatic rings. The molecular weight excluding hydrogens is 278 g/mol. The van der Waals surface area contributed by atoms with Crippen LogP contribution in [0.3, 0.4) is 0 Å². The fourth-order valence-electron chi connectivity index (χ4n) is 1.71. The lowest BCUT2D eigenvalue weighted by Gasteiger charge is -2.06. The minimum atomic E-state index is -3.14. The number of sulfone groups is 1. The Hall–Kier alpha value is -1.89. The van der Waals surface area contributed by atoms with Gasteiger partial charge in [-0.05, 0) is 24.3 Å². The monoisotopic (exact) mass is 295 g/mol. The Labute approximate surface area is 118 Å². The van der Waals surface area contributed by atoms with Crippen molar-refractivity contribution in [2.45, 2.75) is 25.2 Å². The van der Waals surface area contributed by atoms with Crippen molar-refractivity contribution < 1.29 is 12.9 Å². The fraction of sp³-hybridized carbons (Fsp3) is 0.385. The van der Waals surface area contributed by atoms with Gasteiger partial charge in [0.05, 0.1) is 10.6 Å². The zero-order valence-electron chi connectivity index (χ0n) is 11.5. The number of benzene rings is 1. The number of aromatic nitrogens is 2. The molecule has 0 saturated carbocycles. The number of rotatable bonds is 6. The molecule has 0 aliphatic heterocycles. The lowest BCUT2D eigenvalue weighted by Crippen LogP contribution is -2.07. The molecule has 0 fully saturated rings. The van der Waals surface area contributed by atoms with Crippen LogP contribution in [-0.2, 0) is 16.3 Å². The third-order valence-corrected chi connectivity index (χ3v) is 4.59. The molecule has 2 rings (SSSR count). The minimum absolute atomic E-state index is 0.108. The molecule has 108 valence electrons. The van der Waals surface area contributed by atoms with Crippen molar-refractivity contribution in [2.24, 2.45) is 0 Å². The number of aryl methyl sites for hydroxylation is 1. The van der Waals surface area contributed by atoms with E-state index in [-0.39, 0.29) is 5.75 Å². The van der Waals surface area contributed by atoms with Gasteiger partial charge in [0, 0.05) is 25.6 Å². The topological polar surface area (TPSA) is 85.1 Å². The summed E-state index contributed by atoms with van der Waals surface area (Å²) in [4.78, 5) is 4.45. The first-order valence-corrected chi connectivity index (χ1v) is 8.02. The van der Waals surface area contributed by atoms with Crippen LogP contribution in [0.1, 0.15) is 18.6 Å². The van der Waals surface area contributed by atoms with E-state index in [1.807, 2.05) is 0 Å². The Morgan fingerprint density at radius 2 is 1.95 bits per heavy atom. The SMILES string of the molecule is CCS(=O)(=O)c1ccc(NCCc2noc(C)n2)cc1. The Balaban J connectivity index is 1.91. The van der Waals surface area contributed by atoms with E-state index in [1.165, 1.54) is 0 Å². The largest absolute Gasteiger partial charge is 0.385 e. The van der Waals surface area contributed by atoms with Crippen LogP contribution >= 0.6 is 0 Å². The van der Waals surface area contributed by atoms with Crippen LogP contribution in [0.25, 0.3) is 0 Å². The third-order valence-electron chi connectivity index (χ3n) is 2.84. The zero-order chi connectivity index (χ0) is 14.6. The maximum absolute atomic E-state index is 11.7. The molecule has 20 heavy (non-hydrogen) atoms. The molecule has 0 spiro atoms. The second-order valence-electron chi connectivity index (χ2n) is 4.33. The van der Waals surface area contributed by atoms with E-state index in [0.29, 0.717) is 29.6 Å². The van der Waals surface area contributed by atoms with Crippen molar-refractivity contribution in [3.05, 3.63) is 36.0 Å². The van der Waals surface area contributed by atoms with Gasteiger partial charge in [-0.2, -0.15) is 4.98 Å². The average Bonchev–Trinajstić information content (AvgIpc) is 2.85. The highest BCUT2D eigenvalue weighted by Crippen LogP contribution is 2.15. The van der Waals surface area contributed by atoms with Crippen molar-refractivity contribution in [3.8, 4) is 0 Å². The van der Waals surface area contributed by atoms with E-state index in [9.17, 15) is 8.42 Å². The van der Waals surface area contributed by atoms with Crippen LogP contribution in [0.4, 0.5) is 5.69 Å². The summed E-state index contributed by atoms with van der Waals surface area (Å²) in [6, 6.07) is 6.73. The predicted octanol–water partition coefficient (Wildman–Crippen LogP) is 1.83. The molecular formula is C13H17N3O3S. The van der Waals surface area contributed by atoms with E-state index in [1.54, 1.807) is 38.1 Å². The summed E-state index contributed by atoms with van der Waals surface area (Å²) in [6.45, 7) is 4.03. The van der Waals surface area contributed by atoms with Gasteiger partial charge in [0.25, 0.3) is 0 Å². The average molecular weight is 295 g/mol. The van der Waals surface area contributed by atoms with E-state index in [4.69, 9.17) is 4.52 Å². The van der Waals surface area contributed by atoms with Gasteiger partial charge < -0.3 is 9.84 Å². The predicted molar refractivity (Wildman–Crippen MR) is 75.4 cm³/mol. The molecule has 6 nitrogen and oxygen atoms in total. The Morgan fingerprint density at radius 3 is 2.50 bits per heavy atom. The normalized spacial score (nSPS) is 11.5. The quantitative estimate of drug-likeness (QED) is 0.875. The number of hydrogen-bond donors (Lipinski definition) is 1. The van der Waals surface area contributed by atoms with Gasteiger partial charge in [0.1, 0.15) is 0 Å². The summed E-state index contributed by atoms with van der Waals surface area (Å²) < 4.78 is 28.2. The molecule has 7 heteroatoms. The maximum atomic E-state index is 11.7. The molecule has 0 amide bonds. The molecule has 1 aromatic carbocycles. The van der Waals surface area contributed by atoms with Crippen molar-refractivity contribution >= 4 is 15.5 Å². The molecule has 1 N–H and O–H groups in total. The molecule has 0 aliphatic carbocycles. The summed E-state index contributed by atoms with van der Waals surface area (Å²) in [6.07, 6.45) is 0.645. The Kier molecular flexibility index (Phi) is 4.39. The maximum Gasteiger partial charge on any atom is 0.223 e. The van der Waals surface area contributed by atoms with Crippen LogP contribution in [0.5, 0.6) is 0 Å². The lowest BCUT2D eigenvalue weighted by atomic mass is 10.3. The van der Waals surface area contributed by atoms with Crippen LogP contribution in [0, 0.1) is 6.92 Å². The van der Waals surface area contributed by atoms with Gasteiger partial charge >= 0.3 is 0 Å². The first kappa shape index (κ1) is 14.5. The zero-order valence-corrected chi connectivity index (χ0v) is 12.3. The molecule has 0 unspecified atom stereocenters. The number of hydrogen-bond acceptors (Lipinski definition) is 6. The van der Waals surface area contributed by atoms with Crippen LogP contribution in [0.15, 0.2) is 33.7 Å². The molecule has 0 radical (unpaired) electrons. The lowest BCUT2D eigenvalue weighted by molar-refractivity contribution is 0.387. The highest BCUT2D eigenvalue weighted by molar-refractivity contribution is 7.91. The Morgan fingerprint density at radius 1 is 1.25 bits per heavy atom. The van der Waals surface area contributed by atoms with E-state index in [0.717, 1.165) is 5.69 Å². The molecule has 0 saturated heterocycles. The second kappa shape index (κ2) is 6.04. The standard InChI is InChI=1S/C13H17N3O3S/c1-3-20(17,18)12-6-4-11(5-7-12)14-9-8-13-15-10(2)19-16-13/h4-7,14H,3,8-9H2,1-2H3. The van der Waals surface area contributed by atoms with Gasteiger partial charge in [0.15, 0.2) is 15.7 Å². The van der Waals surface area contributed by atoms with E-state index in [2.05, 4.69) is 15.5 Å². The number of nitrogens with one attached hydrogen (secondary N) is 1. The number of nitrogens with zero attached hydrogens (tertiary/aromatic N) is 2. The van der Waals surface area contributed by atoms with Crippen molar-refractivity contribution in [1.82, 2.24) is 10.1 Å². The van der Waals surface area contributed by atoms with Gasteiger partial charge in [0.2, 0.25) is 5.89 Å². The fourth-order valence-corrected chi connectivity index (χ4v) is 2.59. The molecule has 0 bridgehead atoms. The third kappa shape index (κ3) is 3.57. The van der Waals surface area contributed by atoms with Crippen LogP contribution in [0.2, 0.25) is 0 Å². The van der Waals surface area contributed by atoms with E-state index >= 15 is 0 Å². The molecule has 0 aliphatic rings. The first-order valence-electron chi connectivity index (χ1n) is 6.37. The van der Waals surface area contributed by atoms with Gasteiger partial charge in [-0.1, -0.05) is 12.1 Å². The summed E-state index contributed by atoms with van der Waals surface area (Å²) in [5.41, 5.74) is 0.861. The van der Waals surface area contributed by atoms with Crippen molar-refractivity contribution in [2.75, 3.05) is 17.6 Å². The first-order chi connectivity index (χ1) is 9.51. The Bertz CT molecular complexity index is 662. The highest BCUT2D eigenvalue weighted by atomic mass is 32.2. The smallest absolute Gasteiger partial charge is 0.223 e. The number of anilines is 1. The van der Waals surface area contributed by atoms with Gasteiger partial charge in [-0.15, -0.1) is 0 Å².